The molecule has 0 spiro atoms. The second kappa shape index (κ2) is 5.43. The molecule has 0 aliphatic carbocycles. The van der Waals surface area contributed by atoms with Gasteiger partial charge >= 0.3 is 0 Å². The molecule has 0 aliphatic rings. The van der Waals surface area contributed by atoms with Crippen LogP contribution in [0.5, 0.6) is 5.75 Å². The summed E-state index contributed by atoms with van der Waals surface area (Å²) >= 11 is 0. The van der Waals surface area contributed by atoms with Crippen LogP contribution in [0.2, 0.25) is 0 Å². The topological polar surface area (TPSA) is 69.4 Å². The van der Waals surface area contributed by atoms with Crippen LogP contribution in [0, 0.1) is 10.1 Å². The number of hydrogen-bond donors (Lipinski definition) is 0. The average Bonchev–Trinajstić information content (AvgIpc) is 2.27. The Balaban J connectivity index is 3.45. The molecule has 1 aromatic carbocycles. The van der Waals surface area contributed by atoms with Crippen molar-refractivity contribution in [2.75, 3.05) is 6.61 Å². The number of ether oxygens (including phenoxy) is 1. The van der Waals surface area contributed by atoms with Gasteiger partial charge in [-0.3, -0.25) is 14.9 Å². The highest BCUT2D eigenvalue weighted by molar-refractivity contribution is 5.98. The second-order valence-corrected chi connectivity index (χ2v) is 3.58. The van der Waals surface area contributed by atoms with Gasteiger partial charge in [0.25, 0.3) is 5.69 Å². The van der Waals surface area contributed by atoms with E-state index in [-0.39, 0.29) is 11.5 Å². The summed E-state index contributed by atoms with van der Waals surface area (Å²) in [4.78, 5) is 21.8. The summed E-state index contributed by atoms with van der Waals surface area (Å²) in [6.07, 6.45) is 0.552. The summed E-state index contributed by atoms with van der Waals surface area (Å²) in [5, 5.41) is 10.8. The maximum absolute atomic E-state index is 11.6. The number of nitro groups is 1. The Morgan fingerprint density at radius 2 is 2.06 bits per heavy atom. The summed E-state index contributed by atoms with van der Waals surface area (Å²) in [7, 11) is 0. The third-order valence-electron chi connectivity index (χ3n) is 2.41. The molecule has 0 fully saturated rings. The van der Waals surface area contributed by atoms with Gasteiger partial charge in [0, 0.05) is 6.07 Å². The highest BCUT2D eigenvalue weighted by Gasteiger charge is 2.19. The largest absolute Gasteiger partial charge is 0.493 e. The fourth-order valence-electron chi connectivity index (χ4n) is 1.71. The van der Waals surface area contributed by atoms with Crippen molar-refractivity contribution in [1.29, 1.82) is 0 Å². The molecule has 92 valence electrons. The molecule has 0 saturated heterocycles. The van der Waals surface area contributed by atoms with E-state index >= 15 is 0 Å². The van der Waals surface area contributed by atoms with E-state index < -0.39 is 4.92 Å². The van der Waals surface area contributed by atoms with E-state index in [9.17, 15) is 14.9 Å². The molecule has 0 atom stereocenters. The Kier molecular flexibility index (Phi) is 4.20. The minimum Gasteiger partial charge on any atom is -0.493 e. The van der Waals surface area contributed by atoms with Gasteiger partial charge in [-0.1, -0.05) is 6.92 Å². The minimum absolute atomic E-state index is 0.0460. The molecule has 0 heterocycles. The van der Waals surface area contributed by atoms with Crippen LogP contribution in [0.1, 0.15) is 36.7 Å². The van der Waals surface area contributed by atoms with Gasteiger partial charge in [-0.05, 0) is 25.8 Å². The number of nitrogens with zero attached hydrogens (tertiary/aromatic N) is 1. The summed E-state index contributed by atoms with van der Waals surface area (Å²) in [6.45, 7) is 5.42. The Bertz CT molecular complexity index is 454. The molecule has 0 bridgehead atoms. The number of Topliss-reactive ketones (excluding diaryl/α,β-unsaturated/α-hetero) is 1. The van der Waals surface area contributed by atoms with E-state index in [1.807, 2.05) is 6.92 Å². The summed E-state index contributed by atoms with van der Waals surface area (Å²) < 4.78 is 5.31. The van der Waals surface area contributed by atoms with Crippen LogP contribution in [-0.4, -0.2) is 17.3 Å². The van der Waals surface area contributed by atoms with Gasteiger partial charge < -0.3 is 4.74 Å². The van der Waals surface area contributed by atoms with Crippen LogP contribution in [0.4, 0.5) is 5.69 Å². The molecule has 1 aromatic rings. The van der Waals surface area contributed by atoms with Crippen LogP contribution in [-0.2, 0) is 6.42 Å². The van der Waals surface area contributed by atoms with E-state index in [0.717, 1.165) is 0 Å². The van der Waals surface area contributed by atoms with E-state index in [0.29, 0.717) is 29.9 Å². The third-order valence-corrected chi connectivity index (χ3v) is 2.41. The number of rotatable bonds is 5. The number of non-ortho nitro benzene ring substituents is 1. The van der Waals surface area contributed by atoms with Gasteiger partial charge in [-0.25, -0.2) is 0 Å². The molecule has 5 nitrogen and oxygen atoms in total. The minimum atomic E-state index is -0.481. The Labute approximate surface area is 99.5 Å². The Hall–Kier alpha value is -1.91. The molecule has 17 heavy (non-hydrogen) atoms. The first-order valence-corrected chi connectivity index (χ1v) is 5.46. The standard InChI is InChI=1S/C12H15NO4/c1-4-9-6-10(13(15)16)7-11(17-5-2)12(9)8(3)14/h6-7H,4-5H2,1-3H3. The summed E-state index contributed by atoms with van der Waals surface area (Å²) in [5.41, 5.74) is 1.05. The van der Waals surface area contributed by atoms with Crippen LogP contribution in [0.3, 0.4) is 0 Å². The number of hydrogen-bond acceptors (Lipinski definition) is 4. The van der Waals surface area contributed by atoms with Gasteiger partial charge in [0.15, 0.2) is 5.78 Å². The SMILES string of the molecule is CCOc1cc([N+](=O)[O-])cc(CC)c1C(C)=O. The highest BCUT2D eigenvalue weighted by atomic mass is 16.6. The molecule has 0 amide bonds. The van der Waals surface area contributed by atoms with Crippen molar-refractivity contribution in [3.8, 4) is 5.75 Å². The molecule has 0 aromatic heterocycles. The lowest BCUT2D eigenvalue weighted by atomic mass is 10.00. The first-order valence-electron chi connectivity index (χ1n) is 5.46. The lowest BCUT2D eigenvalue weighted by molar-refractivity contribution is -0.385. The predicted octanol–water partition coefficient (Wildman–Crippen LogP) is 2.76. The zero-order chi connectivity index (χ0) is 13.0. The quantitative estimate of drug-likeness (QED) is 0.448. The van der Waals surface area contributed by atoms with Crippen LogP contribution in [0.15, 0.2) is 12.1 Å². The van der Waals surface area contributed by atoms with Crippen molar-refractivity contribution in [2.24, 2.45) is 0 Å². The van der Waals surface area contributed by atoms with E-state index in [2.05, 4.69) is 0 Å². The number of carbonyl (C=O) groups is 1. The number of carbonyl (C=O) groups excluding carboxylic acids is 1. The third kappa shape index (κ3) is 2.81. The Morgan fingerprint density at radius 3 is 2.47 bits per heavy atom. The maximum atomic E-state index is 11.6. The lowest BCUT2D eigenvalue weighted by Crippen LogP contribution is -2.06. The molecule has 0 aliphatic heterocycles. The fraction of sp³-hybridized carbons (Fsp3) is 0.417. The van der Waals surface area contributed by atoms with Crippen molar-refractivity contribution in [2.45, 2.75) is 27.2 Å². The average molecular weight is 237 g/mol. The Morgan fingerprint density at radius 1 is 1.41 bits per heavy atom. The smallest absolute Gasteiger partial charge is 0.273 e. The van der Waals surface area contributed by atoms with Gasteiger partial charge in [0.2, 0.25) is 0 Å². The first-order chi connectivity index (χ1) is 8.01. The van der Waals surface area contributed by atoms with E-state index in [4.69, 9.17) is 4.74 Å². The zero-order valence-corrected chi connectivity index (χ0v) is 10.1. The zero-order valence-electron chi connectivity index (χ0n) is 10.1. The number of benzene rings is 1. The van der Waals surface area contributed by atoms with Crippen molar-refractivity contribution >= 4 is 11.5 Å². The number of aryl methyl sites for hydroxylation is 1. The molecule has 0 unspecified atom stereocenters. The lowest BCUT2D eigenvalue weighted by Gasteiger charge is -2.11. The predicted molar refractivity (Wildman–Crippen MR) is 63.6 cm³/mol. The summed E-state index contributed by atoms with van der Waals surface area (Å²) in [6, 6.07) is 2.73. The maximum Gasteiger partial charge on any atom is 0.273 e. The first kappa shape index (κ1) is 13.2. The molecule has 0 saturated carbocycles. The molecule has 1 rings (SSSR count). The van der Waals surface area contributed by atoms with Crippen molar-refractivity contribution in [3.05, 3.63) is 33.4 Å². The number of nitro benzene ring substituents is 1. The summed E-state index contributed by atoms with van der Waals surface area (Å²) in [5.74, 6) is 0.159. The van der Waals surface area contributed by atoms with Gasteiger partial charge in [0.05, 0.1) is 23.2 Å². The van der Waals surface area contributed by atoms with Crippen molar-refractivity contribution in [3.63, 3.8) is 0 Å². The second-order valence-electron chi connectivity index (χ2n) is 3.58. The highest BCUT2D eigenvalue weighted by Crippen LogP contribution is 2.29. The van der Waals surface area contributed by atoms with Gasteiger partial charge in [-0.15, -0.1) is 0 Å². The fourth-order valence-corrected chi connectivity index (χ4v) is 1.71. The van der Waals surface area contributed by atoms with Gasteiger partial charge in [-0.2, -0.15) is 0 Å². The molecule has 5 heteroatoms. The van der Waals surface area contributed by atoms with Crippen LogP contribution >= 0.6 is 0 Å². The molecule has 0 radical (unpaired) electrons. The van der Waals surface area contributed by atoms with E-state index in [1.54, 1.807) is 6.92 Å². The normalized spacial score (nSPS) is 10.1. The monoisotopic (exact) mass is 237 g/mol. The molecular formula is C12H15NO4. The van der Waals surface area contributed by atoms with Crippen molar-refractivity contribution < 1.29 is 14.5 Å². The van der Waals surface area contributed by atoms with Crippen LogP contribution < -0.4 is 4.74 Å². The van der Waals surface area contributed by atoms with Gasteiger partial charge in [0.1, 0.15) is 5.75 Å². The molecular weight excluding hydrogens is 222 g/mol. The molecule has 0 N–H and O–H groups in total. The van der Waals surface area contributed by atoms with Crippen LogP contribution in [0.25, 0.3) is 0 Å². The number of ketones is 1. The van der Waals surface area contributed by atoms with Crippen molar-refractivity contribution in [1.82, 2.24) is 0 Å². The van der Waals surface area contributed by atoms with E-state index in [1.165, 1.54) is 19.1 Å².